The van der Waals surface area contributed by atoms with Crippen LogP contribution in [0.4, 0.5) is 5.00 Å². The lowest BCUT2D eigenvalue weighted by molar-refractivity contribution is -0.113. The smallest absolute Gasteiger partial charge is 0.341 e. The van der Waals surface area contributed by atoms with Crippen LogP contribution in [0.5, 0.6) is 0 Å². The Morgan fingerprint density at radius 1 is 1.21 bits per heavy atom. The zero-order valence-electron chi connectivity index (χ0n) is 15.3. The number of anilines is 1. The van der Waals surface area contributed by atoms with Crippen molar-refractivity contribution in [2.45, 2.75) is 12.1 Å². The molecule has 4 aromatic heterocycles. The van der Waals surface area contributed by atoms with Crippen LogP contribution in [0.15, 0.2) is 52.4 Å². The van der Waals surface area contributed by atoms with Gasteiger partial charge >= 0.3 is 5.97 Å². The van der Waals surface area contributed by atoms with Gasteiger partial charge < -0.3 is 10.1 Å². The number of ether oxygens (including phenoxy) is 1. The zero-order chi connectivity index (χ0) is 20.2. The monoisotopic (exact) mass is 444 g/mol. The summed E-state index contributed by atoms with van der Waals surface area (Å²) in [5.74, 6) is -0.527. The Morgan fingerprint density at radius 2 is 2.10 bits per heavy atom. The second-order valence-electron chi connectivity index (χ2n) is 5.80. The van der Waals surface area contributed by atoms with E-state index >= 15 is 0 Å². The van der Waals surface area contributed by atoms with Crippen LogP contribution in [0.3, 0.4) is 0 Å². The Kier molecular flexibility index (Phi) is 5.93. The molecule has 0 spiro atoms. The van der Waals surface area contributed by atoms with Crippen molar-refractivity contribution in [3.63, 3.8) is 0 Å². The van der Waals surface area contributed by atoms with E-state index in [1.54, 1.807) is 6.92 Å². The number of nitrogens with one attached hydrogen (secondary N) is 1. The fraction of sp³-hybridized carbons (Fsp3) is 0.158. The molecule has 10 heteroatoms. The van der Waals surface area contributed by atoms with Gasteiger partial charge in [-0.25, -0.2) is 4.79 Å². The fourth-order valence-corrected chi connectivity index (χ4v) is 5.19. The summed E-state index contributed by atoms with van der Waals surface area (Å²) in [6.45, 7) is 2.02. The van der Waals surface area contributed by atoms with Gasteiger partial charge in [0.1, 0.15) is 10.6 Å². The Hall–Kier alpha value is -2.69. The molecule has 29 heavy (non-hydrogen) atoms. The summed E-state index contributed by atoms with van der Waals surface area (Å²) in [5.41, 5.74) is 1.89. The molecule has 1 N–H and O–H groups in total. The van der Waals surface area contributed by atoms with Crippen molar-refractivity contribution in [2.24, 2.45) is 0 Å². The number of aromatic nitrogens is 3. The van der Waals surface area contributed by atoms with Crippen LogP contribution in [0.2, 0.25) is 0 Å². The Morgan fingerprint density at radius 3 is 2.90 bits per heavy atom. The number of hydrogen-bond acceptors (Lipinski definition) is 8. The predicted octanol–water partition coefficient (Wildman–Crippen LogP) is 4.43. The third-order valence-corrected chi connectivity index (χ3v) is 6.67. The first kappa shape index (κ1) is 19.6. The van der Waals surface area contributed by atoms with Gasteiger partial charge in [0, 0.05) is 22.0 Å². The lowest BCUT2D eigenvalue weighted by atomic mass is 10.1. The standard InChI is InChI=1S/C19H16N4O3S3/c1-2-26-18(25)16-12(13-6-5-9-27-13)10-28-17(16)20-15(24)11-29-19-22-21-14-7-3-4-8-23(14)19/h3-10H,2,11H2,1H3,(H,20,24). The summed E-state index contributed by atoms with van der Waals surface area (Å²) in [7, 11) is 0. The molecule has 0 bridgehead atoms. The summed E-state index contributed by atoms with van der Waals surface area (Å²) in [6, 6.07) is 9.46. The van der Waals surface area contributed by atoms with Crippen molar-refractivity contribution in [2.75, 3.05) is 17.7 Å². The molecule has 0 fully saturated rings. The molecule has 0 aliphatic rings. The van der Waals surface area contributed by atoms with Crippen molar-refractivity contribution in [3.05, 3.63) is 52.9 Å². The van der Waals surface area contributed by atoms with Crippen LogP contribution < -0.4 is 5.32 Å². The Bertz CT molecular complexity index is 1150. The molecular formula is C19H16N4O3S3. The highest BCUT2D eigenvalue weighted by Gasteiger charge is 2.23. The van der Waals surface area contributed by atoms with E-state index in [-0.39, 0.29) is 18.3 Å². The molecule has 0 saturated heterocycles. The molecule has 0 aromatic carbocycles. The average Bonchev–Trinajstić information content (AvgIpc) is 3.46. The lowest BCUT2D eigenvalue weighted by Crippen LogP contribution is -2.16. The summed E-state index contributed by atoms with van der Waals surface area (Å²) < 4.78 is 7.03. The second-order valence-corrected chi connectivity index (χ2v) is 8.57. The minimum atomic E-state index is -0.441. The van der Waals surface area contributed by atoms with Crippen molar-refractivity contribution in [1.82, 2.24) is 14.6 Å². The number of fused-ring (bicyclic) bond motifs is 1. The molecule has 0 atom stereocenters. The van der Waals surface area contributed by atoms with Crippen molar-refractivity contribution < 1.29 is 14.3 Å². The number of esters is 1. The summed E-state index contributed by atoms with van der Waals surface area (Å²) in [5, 5.41) is 16.0. The Balaban J connectivity index is 1.51. The van der Waals surface area contributed by atoms with Crippen molar-refractivity contribution in [3.8, 4) is 10.4 Å². The van der Waals surface area contributed by atoms with E-state index in [9.17, 15) is 9.59 Å². The van der Waals surface area contributed by atoms with Gasteiger partial charge in [0.05, 0.1) is 12.4 Å². The van der Waals surface area contributed by atoms with Gasteiger partial charge in [-0.3, -0.25) is 9.20 Å². The highest BCUT2D eigenvalue weighted by molar-refractivity contribution is 7.99. The summed E-state index contributed by atoms with van der Waals surface area (Å²) in [4.78, 5) is 26.0. The van der Waals surface area contributed by atoms with Crippen LogP contribution >= 0.6 is 34.4 Å². The largest absolute Gasteiger partial charge is 0.462 e. The van der Waals surface area contributed by atoms with E-state index in [0.717, 1.165) is 16.1 Å². The molecule has 148 valence electrons. The molecule has 0 aliphatic carbocycles. The second kappa shape index (κ2) is 8.76. The van der Waals surface area contributed by atoms with Crippen LogP contribution in [-0.2, 0) is 9.53 Å². The van der Waals surface area contributed by atoms with Gasteiger partial charge in [-0.1, -0.05) is 23.9 Å². The quantitative estimate of drug-likeness (QED) is 0.335. The predicted molar refractivity (Wildman–Crippen MR) is 116 cm³/mol. The van der Waals surface area contributed by atoms with Gasteiger partial charge in [0.25, 0.3) is 0 Å². The number of thioether (sulfide) groups is 1. The van der Waals surface area contributed by atoms with Crippen molar-refractivity contribution in [1.29, 1.82) is 0 Å². The SMILES string of the molecule is CCOC(=O)c1c(-c2cccs2)csc1NC(=O)CSc1nnc2ccccn12. The molecule has 4 rings (SSSR count). The minimum Gasteiger partial charge on any atom is -0.462 e. The van der Waals surface area contributed by atoms with Gasteiger partial charge in [-0.2, -0.15) is 0 Å². The molecule has 4 aromatic rings. The maximum Gasteiger partial charge on any atom is 0.341 e. The number of thiophene rings is 2. The maximum absolute atomic E-state index is 12.5. The first-order valence-electron chi connectivity index (χ1n) is 8.72. The number of rotatable bonds is 7. The van der Waals surface area contributed by atoms with Gasteiger partial charge in [-0.05, 0) is 30.5 Å². The van der Waals surface area contributed by atoms with Crippen LogP contribution in [0.1, 0.15) is 17.3 Å². The third-order valence-electron chi connectivity index (χ3n) is 3.92. The van der Waals surface area contributed by atoms with E-state index in [1.807, 2.05) is 51.7 Å². The third kappa shape index (κ3) is 4.19. The van der Waals surface area contributed by atoms with E-state index in [2.05, 4.69) is 15.5 Å². The minimum absolute atomic E-state index is 0.143. The molecular weight excluding hydrogens is 428 g/mol. The fourth-order valence-electron chi connectivity index (χ4n) is 2.68. The number of hydrogen-bond donors (Lipinski definition) is 1. The van der Waals surface area contributed by atoms with Crippen LogP contribution in [-0.4, -0.2) is 38.8 Å². The van der Waals surface area contributed by atoms with E-state index in [1.165, 1.54) is 34.4 Å². The number of amides is 1. The van der Waals surface area contributed by atoms with Crippen LogP contribution in [0, 0.1) is 0 Å². The molecule has 4 heterocycles. The van der Waals surface area contributed by atoms with E-state index < -0.39 is 5.97 Å². The van der Waals surface area contributed by atoms with Gasteiger partial charge in [0.15, 0.2) is 10.8 Å². The average molecular weight is 445 g/mol. The Labute approximate surface area is 178 Å². The number of nitrogens with zero attached hydrogens (tertiary/aromatic N) is 3. The van der Waals surface area contributed by atoms with Gasteiger partial charge in [-0.15, -0.1) is 32.9 Å². The van der Waals surface area contributed by atoms with E-state index in [0.29, 0.717) is 15.7 Å². The first-order chi connectivity index (χ1) is 14.2. The highest BCUT2D eigenvalue weighted by atomic mass is 32.2. The molecule has 0 radical (unpaired) electrons. The summed E-state index contributed by atoms with van der Waals surface area (Å²) in [6.07, 6.45) is 1.85. The lowest BCUT2D eigenvalue weighted by Gasteiger charge is -2.08. The summed E-state index contributed by atoms with van der Waals surface area (Å²) >= 11 is 4.13. The molecule has 0 saturated carbocycles. The first-order valence-corrected chi connectivity index (χ1v) is 11.5. The van der Waals surface area contributed by atoms with Gasteiger partial charge in [0.2, 0.25) is 5.91 Å². The normalized spacial score (nSPS) is 10.9. The van der Waals surface area contributed by atoms with Crippen molar-refractivity contribution >= 4 is 57.0 Å². The molecule has 0 aliphatic heterocycles. The maximum atomic E-state index is 12.5. The number of carbonyl (C=O) groups excluding carboxylic acids is 2. The highest BCUT2D eigenvalue weighted by Crippen LogP contribution is 2.38. The topological polar surface area (TPSA) is 85.6 Å². The molecule has 7 nitrogen and oxygen atoms in total. The molecule has 0 unspecified atom stereocenters. The number of carbonyl (C=O) groups is 2. The number of pyridine rings is 1. The van der Waals surface area contributed by atoms with E-state index in [4.69, 9.17) is 4.74 Å². The van der Waals surface area contributed by atoms with Crippen LogP contribution in [0.25, 0.3) is 16.1 Å². The zero-order valence-corrected chi connectivity index (χ0v) is 17.8. The molecule has 1 amide bonds.